The van der Waals surface area contributed by atoms with Crippen molar-refractivity contribution in [2.45, 2.75) is 46.0 Å². The molecule has 0 radical (unpaired) electrons. The third-order valence-corrected chi connectivity index (χ3v) is 5.56. The zero-order valence-corrected chi connectivity index (χ0v) is 19.0. The lowest BCUT2D eigenvalue weighted by molar-refractivity contribution is 0.131. The van der Waals surface area contributed by atoms with Crippen LogP contribution in [0.2, 0.25) is 0 Å². The van der Waals surface area contributed by atoms with Crippen LogP contribution in [0.5, 0.6) is 0 Å². The fourth-order valence-corrected chi connectivity index (χ4v) is 3.67. The molecule has 0 spiro atoms. The Labute approximate surface area is 176 Å². The van der Waals surface area contributed by atoms with Gasteiger partial charge < -0.3 is 25.4 Å². The van der Waals surface area contributed by atoms with E-state index in [1.807, 2.05) is 0 Å². The number of likely N-dealkylation sites (tertiary alicyclic amines) is 1. The van der Waals surface area contributed by atoms with Gasteiger partial charge in [-0.05, 0) is 64.6 Å². The van der Waals surface area contributed by atoms with Crippen molar-refractivity contribution >= 4 is 29.9 Å². The smallest absolute Gasteiger partial charge is 0.191 e. The molecule has 7 heteroatoms. The van der Waals surface area contributed by atoms with Gasteiger partial charge in [0.1, 0.15) is 0 Å². The molecule has 0 amide bonds. The van der Waals surface area contributed by atoms with Gasteiger partial charge in [0.15, 0.2) is 5.96 Å². The summed E-state index contributed by atoms with van der Waals surface area (Å²) in [6.07, 6.45) is 5.58. The zero-order valence-electron chi connectivity index (χ0n) is 16.6. The molecule has 0 saturated carbocycles. The molecule has 1 unspecified atom stereocenters. The highest BCUT2D eigenvalue weighted by atomic mass is 127. The molecule has 26 heavy (non-hydrogen) atoms. The van der Waals surface area contributed by atoms with Gasteiger partial charge in [0.25, 0.3) is 0 Å². The molecule has 2 aliphatic heterocycles. The first-order valence-corrected chi connectivity index (χ1v) is 10.1. The number of aliphatic imine (C=N–C) groups is 1. The molecular formula is C19H39IN4O2. The van der Waals surface area contributed by atoms with Gasteiger partial charge in [-0.1, -0.05) is 6.92 Å². The SMILES string of the molecule is CCNC(=NCC1(CCO)CCOC1)NCCCN1CCC(C)CC1.I. The van der Waals surface area contributed by atoms with Crippen molar-refractivity contribution in [3.8, 4) is 0 Å². The van der Waals surface area contributed by atoms with Crippen LogP contribution < -0.4 is 10.6 Å². The summed E-state index contributed by atoms with van der Waals surface area (Å²) in [7, 11) is 0. The van der Waals surface area contributed by atoms with E-state index in [2.05, 4.69) is 29.4 Å². The van der Waals surface area contributed by atoms with E-state index < -0.39 is 0 Å². The van der Waals surface area contributed by atoms with E-state index in [1.165, 1.54) is 32.5 Å². The minimum atomic E-state index is 0. The Balaban J connectivity index is 0.00000338. The Bertz CT molecular complexity index is 395. The van der Waals surface area contributed by atoms with Crippen LogP contribution in [-0.2, 0) is 4.74 Å². The maximum absolute atomic E-state index is 9.33. The van der Waals surface area contributed by atoms with Crippen LogP contribution in [0.15, 0.2) is 4.99 Å². The quantitative estimate of drug-likeness (QED) is 0.203. The van der Waals surface area contributed by atoms with Crippen molar-refractivity contribution < 1.29 is 9.84 Å². The molecule has 1 atom stereocenters. The van der Waals surface area contributed by atoms with Crippen LogP contribution >= 0.6 is 24.0 Å². The summed E-state index contributed by atoms with van der Waals surface area (Å²) in [5.74, 6) is 1.78. The van der Waals surface area contributed by atoms with Crippen molar-refractivity contribution in [3.05, 3.63) is 0 Å². The molecule has 3 N–H and O–H groups in total. The van der Waals surface area contributed by atoms with Crippen molar-refractivity contribution in [1.82, 2.24) is 15.5 Å². The van der Waals surface area contributed by atoms with Gasteiger partial charge in [-0.15, -0.1) is 24.0 Å². The molecule has 0 bridgehead atoms. The van der Waals surface area contributed by atoms with Gasteiger partial charge in [-0.25, -0.2) is 0 Å². The monoisotopic (exact) mass is 482 g/mol. The molecule has 154 valence electrons. The Kier molecular flexibility index (Phi) is 12.1. The van der Waals surface area contributed by atoms with Gasteiger partial charge in [-0.2, -0.15) is 0 Å². The molecule has 0 aromatic carbocycles. The number of halogens is 1. The minimum Gasteiger partial charge on any atom is -0.396 e. The van der Waals surface area contributed by atoms with Crippen molar-refractivity contribution in [2.24, 2.45) is 16.3 Å². The summed E-state index contributed by atoms with van der Waals surface area (Å²) < 4.78 is 5.55. The van der Waals surface area contributed by atoms with Gasteiger partial charge in [0.05, 0.1) is 13.2 Å². The maximum Gasteiger partial charge on any atom is 0.191 e. The van der Waals surface area contributed by atoms with Crippen molar-refractivity contribution in [2.75, 3.05) is 59.1 Å². The zero-order chi connectivity index (χ0) is 18.0. The standard InChI is InChI=1S/C19H38N4O2.HI/c1-3-20-18(22-15-19(7-13-24)8-14-25-16-19)21-9-4-10-23-11-5-17(2)6-12-23;/h17,24H,3-16H2,1-2H3,(H2,20,21,22);1H. The lowest BCUT2D eigenvalue weighted by Crippen LogP contribution is -2.40. The number of piperidine rings is 1. The second-order valence-corrected chi connectivity index (χ2v) is 7.78. The number of hydrogen-bond donors (Lipinski definition) is 3. The van der Waals surface area contributed by atoms with E-state index in [1.54, 1.807) is 0 Å². The number of ether oxygens (including phenoxy) is 1. The highest BCUT2D eigenvalue weighted by Gasteiger charge is 2.34. The molecule has 2 fully saturated rings. The van der Waals surface area contributed by atoms with E-state index >= 15 is 0 Å². The van der Waals surface area contributed by atoms with Crippen LogP contribution in [0.1, 0.15) is 46.0 Å². The predicted molar refractivity (Wildman–Crippen MR) is 118 cm³/mol. The van der Waals surface area contributed by atoms with Crippen molar-refractivity contribution in [1.29, 1.82) is 0 Å². The Morgan fingerprint density at radius 2 is 2.08 bits per heavy atom. The second kappa shape index (κ2) is 13.1. The Hall–Kier alpha value is -0.120. The van der Waals surface area contributed by atoms with E-state index in [-0.39, 0.29) is 36.0 Å². The first kappa shape index (κ1) is 23.9. The summed E-state index contributed by atoms with van der Waals surface area (Å²) in [4.78, 5) is 7.35. The Morgan fingerprint density at radius 3 is 2.69 bits per heavy atom. The highest BCUT2D eigenvalue weighted by molar-refractivity contribution is 14.0. The summed E-state index contributed by atoms with van der Waals surface area (Å²) in [5.41, 5.74) is 0.0155. The molecule has 2 saturated heterocycles. The third-order valence-electron chi connectivity index (χ3n) is 5.56. The largest absolute Gasteiger partial charge is 0.396 e. The number of nitrogens with zero attached hydrogens (tertiary/aromatic N) is 2. The van der Waals surface area contributed by atoms with E-state index in [9.17, 15) is 5.11 Å². The lowest BCUT2D eigenvalue weighted by atomic mass is 9.84. The molecule has 2 heterocycles. The number of hydrogen-bond acceptors (Lipinski definition) is 4. The van der Waals surface area contributed by atoms with Crippen LogP contribution in [0.25, 0.3) is 0 Å². The van der Waals surface area contributed by atoms with Crippen molar-refractivity contribution in [3.63, 3.8) is 0 Å². The van der Waals surface area contributed by atoms with Crippen LogP contribution in [0.4, 0.5) is 0 Å². The molecule has 0 aromatic heterocycles. The molecule has 6 nitrogen and oxygen atoms in total. The lowest BCUT2D eigenvalue weighted by Gasteiger charge is -2.30. The van der Waals surface area contributed by atoms with Gasteiger partial charge in [0.2, 0.25) is 0 Å². The molecule has 0 aromatic rings. The molecule has 0 aliphatic carbocycles. The summed E-state index contributed by atoms with van der Waals surface area (Å²) in [6.45, 7) is 12.3. The van der Waals surface area contributed by atoms with E-state index in [4.69, 9.17) is 9.73 Å². The van der Waals surface area contributed by atoms with E-state index in [0.717, 1.165) is 50.8 Å². The molecule has 2 rings (SSSR count). The minimum absolute atomic E-state index is 0. The van der Waals surface area contributed by atoms with Gasteiger partial charge >= 0.3 is 0 Å². The van der Waals surface area contributed by atoms with E-state index in [0.29, 0.717) is 13.2 Å². The summed E-state index contributed by atoms with van der Waals surface area (Å²) in [5, 5.41) is 16.1. The summed E-state index contributed by atoms with van der Waals surface area (Å²) in [6, 6.07) is 0. The fourth-order valence-electron chi connectivity index (χ4n) is 3.67. The summed E-state index contributed by atoms with van der Waals surface area (Å²) >= 11 is 0. The normalized spacial score (nSPS) is 25.1. The molecular weight excluding hydrogens is 443 g/mol. The third kappa shape index (κ3) is 8.27. The number of aliphatic hydroxyl groups excluding tert-OH is 1. The first-order valence-electron chi connectivity index (χ1n) is 10.1. The van der Waals surface area contributed by atoms with Gasteiger partial charge in [0, 0.05) is 31.7 Å². The number of aliphatic hydroxyl groups is 1. The average Bonchev–Trinajstić information content (AvgIpc) is 3.07. The second-order valence-electron chi connectivity index (χ2n) is 7.78. The van der Waals surface area contributed by atoms with Crippen LogP contribution in [0, 0.1) is 11.3 Å². The number of rotatable bonds is 9. The highest BCUT2D eigenvalue weighted by Crippen LogP contribution is 2.32. The number of nitrogens with one attached hydrogen (secondary N) is 2. The average molecular weight is 482 g/mol. The predicted octanol–water partition coefficient (Wildman–Crippen LogP) is 2.07. The Morgan fingerprint density at radius 1 is 1.31 bits per heavy atom. The van der Waals surface area contributed by atoms with Gasteiger partial charge in [-0.3, -0.25) is 4.99 Å². The number of guanidine groups is 1. The fraction of sp³-hybridized carbons (Fsp3) is 0.947. The topological polar surface area (TPSA) is 69.1 Å². The maximum atomic E-state index is 9.33. The van der Waals surface area contributed by atoms with Crippen LogP contribution in [-0.4, -0.2) is 75.1 Å². The first-order chi connectivity index (χ1) is 12.2. The molecule has 2 aliphatic rings. The van der Waals surface area contributed by atoms with Crippen LogP contribution in [0.3, 0.4) is 0 Å².